The summed E-state index contributed by atoms with van der Waals surface area (Å²) in [4.78, 5) is 4.80. The van der Waals surface area contributed by atoms with Crippen LogP contribution in [0.3, 0.4) is 0 Å². The van der Waals surface area contributed by atoms with Crippen molar-refractivity contribution < 1.29 is 5.11 Å². The Morgan fingerprint density at radius 3 is 2.50 bits per heavy atom. The van der Waals surface area contributed by atoms with E-state index in [4.69, 9.17) is 33.9 Å². The number of aromatic hydroxyl groups is 1. The zero-order chi connectivity index (χ0) is 19.1. The fourth-order valence-electron chi connectivity index (χ4n) is 3.15. The van der Waals surface area contributed by atoms with E-state index in [9.17, 15) is 5.11 Å². The van der Waals surface area contributed by atoms with Gasteiger partial charge in [0.1, 0.15) is 11.6 Å². The predicted molar refractivity (Wildman–Crippen MR) is 110 cm³/mol. The second-order valence-corrected chi connectivity index (χ2v) is 7.90. The lowest BCUT2D eigenvalue weighted by Gasteiger charge is -2.28. The Morgan fingerprint density at radius 1 is 1.19 bits per heavy atom. The van der Waals surface area contributed by atoms with Crippen LogP contribution in [0.25, 0.3) is 11.1 Å². The predicted octanol–water partition coefficient (Wildman–Crippen LogP) is 5.92. The van der Waals surface area contributed by atoms with Crippen LogP contribution in [0.15, 0.2) is 53.5 Å². The molecule has 0 amide bonds. The average molecular weight is 389 g/mol. The second kappa shape index (κ2) is 6.98. The van der Waals surface area contributed by atoms with Crippen molar-refractivity contribution in [2.75, 3.05) is 0 Å². The molecule has 2 aromatic rings. The lowest BCUT2D eigenvalue weighted by Crippen LogP contribution is -2.27. The van der Waals surface area contributed by atoms with Crippen LogP contribution >= 0.6 is 23.2 Å². The summed E-state index contributed by atoms with van der Waals surface area (Å²) in [5, 5.41) is 11.5. The van der Waals surface area contributed by atoms with Crippen LogP contribution in [0.2, 0.25) is 10.0 Å². The van der Waals surface area contributed by atoms with Crippen molar-refractivity contribution in [2.45, 2.75) is 32.2 Å². The van der Waals surface area contributed by atoms with Gasteiger partial charge in [0.25, 0.3) is 0 Å². The van der Waals surface area contributed by atoms with Crippen molar-refractivity contribution in [1.82, 2.24) is 0 Å². The Kier molecular flexibility index (Phi) is 5.05. The molecule has 1 unspecified atom stereocenters. The molecular weight excluding hydrogens is 367 g/mol. The summed E-state index contributed by atoms with van der Waals surface area (Å²) in [5.41, 5.74) is 8.66. The van der Waals surface area contributed by atoms with E-state index >= 15 is 0 Å². The van der Waals surface area contributed by atoms with Crippen LogP contribution < -0.4 is 5.73 Å². The molecule has 1 saturated carbocycles. The van der Waals surface area contributed by atoms with Gasteiger partial charge < -0.3 is 10.8 Å². The first-order valence-electron chi connectivity index (χ1n) is 8.52. The maximum absolute atomic E-state index is 10.4. The summed E-state index contributed by atoms with van der Waals surface area (Å²) in [6.45, 7) is 7.81. The van der Waals surface area contributed by atoms with Crippen molar-refractivity contribution in [3.8, 4) is 16.9 Å². The van der Waals surface area contributed by atoms with E-state index in [0.717, 1.165) is 24.0 Å². The van der Waals surface area contributed by atoms with Crippen molar-refractivity contribution in [1.29, 1.82) is 0 Å². The summed E-state index contributed by atoms with van der Waals surface area (Å²) in [5.74, 6) is 1.01. The van der Waals surface area contributed by atoms with Crippen LogP contribution in [-0.4, -0.2) is 10.9 Å². The number of benzene rings is 2. The topological polar surface area (TPSA) is 58.6 Å². The Bertz CT molecular complexity index is 903. The number of nitrogens with zero attached hydrogens (tertiary/aromatic N) is 1. The molecule has 1 fully saturated rings. The van der Waals surface area contributed by atoms with E-state index in [-0.39, 0.29) is 5.75 Å². The Morgan fingerprint density at radius 2 is 1.88 bits per heavy atom. The summed E-state index contributed by atoms with van der Waals surface area (Å²) in [6, 6.07) is 10.7. The summed E-state index contributed by atoms with van der Waals surface area (Å²) < 4.78 is 0. The standard InChI is InChI=1S/C21H22Cl2N2O/c1-12(2)20(24)25-21(3,13-4-5-13)14-6-9-19(26)17(10-14)16-11-15(22)7-8-18(16)23/h6-11,13,26H,1,4-5H2,2-3H3,(H2,24,25). The lowest BCUT2D eigenvalue weighted by atomic mass is 9.85. The molecular formula is C21H22Cl2N2O. The maximum atomic E-state index is 10.4. The van der Waals surface area contributed by atoms with Gasteiger partial charge in [-0.15, -0.1) is 0 Å². The van der Waals surface area contributed by atoms with Crippen LogP contribution in [0.1, 0.15) is 32.3 Å². The molecule has 5 heteroatoms. The first kappa shape index (κ1) is 18.8. The number of nitrogens with two attached hydrogens (primary N) is 1. The third kappa shape index (κ3) is 3.60. The summed E-state index contributed by atoms with van der Waals surface area (Å²) in [7, 11) is 0. The third-order valence-electron chi connectivity index (χ3n) is 4.96. The Hall–Kier alpha value is -1.97. The van der Waals surface area contributed by atoms with Gasteiger partial charge in [0.15, 0.2) is 0 Å². The second-order valence-electron chi connectivity index (χ2n) is 7.06. The minimum atomic E-state index is -0.476. The lowest BCUT2D eigenvalue weighted by molar-refractivity contribution is 0.429. The summed E-state index contributed by atoms with van der Waals surface area (Å²) >= 11 is 12.5. The fraction of sp³-hybridized carbons (Fsp3) is 0.286. The van der Waals surface area contributed by atoms with E-state index in [1.165, 1.54) is 0 Å². The van der Waals surface area contributed by atoms with Gasteiger partial charge in [-0.05, 0) is 74.1 Å². The molecule has 1 atom stereocenters. The van der Waals surface area contributed by atoms with Crippen molar-refractivity contribution >= 4 is 29.0 Å². The smallest absolute Gasteiger partial charge is 0.123 e. The van der Waals surface area contributed by atoms with E-state index < -0.39 is 5.54 Å². The molecule has 0 spiro atoms. The number of hydrogen-bond donors (Lipinski definition) is 2. The van der Waals surface area contributed by atoms with E-state index in [2.05, 4.69) is 13.5 Å². The van der Waals surface area contributed by atoms with E-state index in [1.54, 1.807) is 24.3 Å². The zero-order valence-corrected chi connectivity index (χ0v) is 16.4. The molecule has 1 aliphatic rings. The highest BCUT2D eigenvalue weighted by Crippen LogP contribution is 2.50. The van der Waals surface area contributed by atoms with Gasteiger partial charge >= 0.3 is 0 Å². The molecule has 26 heavy (non-hydrogen) atoms. The number of amidine groups is 1. The minimum Gasteiger partial charge on any atom is -0.507 e. The molecule has 2 aromatic carbocycles. The zero-order valence-electron chi connectivity index (χ0n) is 14.9. The van der Waals surface area contributed by atoms with Crippen molar-refractivity contribution in [3.05, 3.63) is 64.2 Å². The molecule has 136 valence electrons. The SMILES string of the molecule is C=C(C)C(N)=NC(C)(c1ccc(O)c(-c2cc(Cl)ccc2Cl)c1)C1CC1. The molecule has 3 nitrogen and oxygen atoms in total. The summed E-state index contributed by atoms with van der Waals surface area (Å²) in [6.07, 6.45) is 2.19. The van der Waals surface area contributed by atoms with Crippen LogP contribution in [0.5, 0.6) is 5.75 Å². The highest BCUT2D eigenvalue weighted by Gasteiger charge is 2.43. The van der Waals surface area contributed by atoms with Gasteiger partial charge in [-0.25, -0.2) is 0 Å². The van der Waals surface area contributed by atoms with Gasteiger partial charge in [-0.3, -0.25) is 4.99 Å². The number of phenols is 1. The van der Waals surface area contributed by atoms with Gasteiger partial charge in [0.05, 0.1) is 5.54 Å². The van der Waals surface area contributed by atoms with Crippen LogP contribution in [-0.2, 0) is 5.54 Å². The van der Waals surface area contributed by atoms with E-state index in [1.807, 2.05) is 19.1 Å². The normalized spacial score (nSPS) is 17.0. The number of halogens is 2. The quantitative estimate of drug-likeness (QED) is 0.492. The Balaban J connectivity index is 2.15. The molecule has 3 rings (SSSR count). The minimum absolute atomic E-state index is 0.146. The molecule has 0 heterocycles. The van der Waals surface area contributed by atoms with Crippen LogP contribution in [0, 0.1) is 5.92 Å². The van der Waals surface area contributed by atoms with Gasteiger partial charge in [0, 0.05) is 21.2 Å². The number of phenolic OH excluding ortho intramolecular Hbond substituents is 1. The molecule has 0 aromatic heterocycles. The van der Waals surface area contributed by atoms with E-state index in [0.29, 0.717) is 32.9 Å². The molecule has 0 aliphatic heterocycles. The maximum Gasteiger partial charge on any atom is 0.123 e. The number of hydrogen-bond acceptors (Lipinski definition) is 2. The first-order valence-corrected chi connectivity index (χ1v) is 9.28. The molecule has 3 N–H and O–H groups in total. The fourth-order valence-corrected chi connectivity index (χ4v) is 3.54. The largest absolute Gasteiger partial charge is 0.507 e. The molecule has 0 saturated heterocycles. The molecule has 1 aliphatic carbocycles. The van der Waals surface area contributed by atoms with Gasteiger partial charge in [-0.1, -0.05) is 35.8 Å². The van der Waals surface area contributed by atoms with Gasteiger partial charge in [-0.2, -0.15) is 0 Å². The first-order chi connectivity index (χ1) is 12.2. The highest BCUT2D eigenvalue weighted by atomic mass is 35.5. The van der Waals surface area contributed by atoms with Crippen molar-refractivity contribution in [2.24, 2.45) is 16.6 Å². The number of aliphatic imine (C=N–C) groups is 1. The Labute approximate surface area is 164 Å². The number of rotatable bonds is 5. The van der Waals surface area contributed by atoms with Crippen molar-refractivity contribution in [3.63, 3.8) is 0 Å². The highest BCUT2D eigenvalue weighted by molar-refractivity contribution is 6.35. The average Bonchev–Trinajstić information content (AvgIpc) is 3.42. The van der Waals surface area contributed by atoms with Crippen LogP contribution in [0.4, 0.5) is 0 Å². The monoisotopic (exact) mass is 388 g/mol. The third-order valence-corrected chi connectivity index (χ3v) is 5.53. The van der Waals surface area contributed by atoms with Gasteiger partial charge in [0.2, 0.25) is 0 Å². The molecule has 0 bridgehead atoms. The molecule has 0 radical (unpaired) electrons.